The fourth-order valence-electron chi connectivity index (χ4n) is 2.96. The monoisotopic (exact) mass is 367 g/mol. The highest BCUT2D eigenvalue weighted by Gasteiger charge is 2.13. The summed E-state index contributed by atoms with van der Waals surface area (Å²) in [6, 6.07) is 12.0. The van der Waals surface area contributed by atoms with Crippen LogP contribution in [0.2, 0.25) is 0 Å². The molecule has 0 saturated carbocycles. The van der Waals surface area contributed by atoms with Gasteiger partial charge in [0.1, 0.15) is 0 Å². The van der Waals surface area contributed by atoms with Gasteiger partial charge in [0.25, 0.3) is 11.1 Å². The molecule has 0 bridgehead atoms. The molecule has 1 amide bonds. The molecule has 8 nitrogen and oxygen atoms in total. The van der Waals surface area contributed by atoms with E-state index in [2.05, 4.69) is 10.4 Å². The Bertz CT molecular complexity index is 1130. The molecule has 2 heterocycles. The summed E-state index contributed by atoms with van der Waals surface area (Å²) in [5, 5.41) is 5.98. The second-order valence-electron chi connectivity index (χ2n) is 6.16. The lowest BCUT2D eigenvalue weighted by molar-refractivity contribution is -0.121. The molecule has 0 radical (unpaired) electrons. The third-order valence-corrected chi connectivity index (χ3v) is 4.37. The Balaban J connectivity index is 1.39. The van der Waals surface area contributed by atoms with Crippen molar-refractivity contribution in [2.75, 3.05) is 6.79 Å². The summed E-state index contributed by atoms with van der Waals surface area (Å²) in [7, 11) is 0. The second kappa shape index (κ2) is 6.99. The quantitative estimate of drug-likeness (QED) is 0.704. The van der Waals surface area contributed by atoms with Gasteiger partial charge < -0.3 is 14.8 Å². The number of aromatic amines is 1. The number of rotatable bonds is 5. The molecule has 0 fully saturated rings. The summed E-state index contributed by atoms with van der Waals surface area (Å²) in [6.07, 6.45) is 0.0682. The van der Waals surface area contributed by atoms with Gasteiger partial charge in [-0.2, -0.15) is 0 Å². The summed E-state index contributed by atoms with van der Waals surface area (Å²) < 4.78 is 11.7. The van der Waals surface area contributed by atoms with E-state index in [1.807, 2.05) is 12.1 Å². The van der Waals surface area contributed by atoms with Gasteiger partial charge >= 0.3 is 0 Å². The van der Waals surface area contributed by atoms with Crippen molar-refractivity contribution in [3.63, 3.8) is 0 Å². The van der Waals surface area contributed by atoms with E-state index in [1.165, 1.54) is 4.68 Å². The fourth-order valence-corrected chi connectivity index (χ4v) is 2.96. The number of hydrogen-bond donors (Lipinski definition) is 2. The van der Waals surface area contributed by atoms with Crippen molar-refractivity contribution in [3.05, 3.63) is 68.7 Å². The topological polar surface area (TPSA) is 102 Å². The largest absolute Gasteiger partial charge is 0.454 e. The molecule has 2 N–H and O–H groups in total. The molecule has 0 atom stereocenters. The minimum Gasteiger partial charge on any atom is -0.454 e. The van der Waals surface area contributed by atoms with E-state index in [0.717, 1.165) is 5.56 Å². The normalized spacial score (nSPS) is 12.3. The summed E-state index contributed by atoms with van der Waals surface area (Å²) in [6.45, 7) is 0.619. The van der Waals surface area contributed by atoms with Gasteiger partial charge in [-0.25, -0.2) is 4.68 Å². The maximum absolute atomic E-state index is 12.4. The van der Waals surface area contributed by atoms with Crippen LogP contribution in [0, 0.1) is 0 Å². The number of amides is 1. The van der Waals surface area contributed by atoms with Crippen LogP contribution in [0.5, 0.6) is 11.5 Å². The molecule has 0 saturated heterocycles. The minimum absolute atomic E-state index is 0.0682. The summed E-state index contributed by atoms with van der Waals surface area (Å²) in [5.74, 6) is 1.11. The maximum atomic E-state index is 12.4. The fraction of sp³-hybridized carbons (Fsp3) is 0.211. The molecule has 0 spiro atoms. The molecule has 8 heteroatoms. The number of nitrogens with zero attached hydrogens (tertiary/aromatic N) is 1. The van der Waals surface area contributed by atoms with Crippen molar-refractivity contribution in [1.29, 1.82) is 0 Å². The zero-order valence-corrected chi connectivity index (χ0v) is 14.4. The molecule has 1 aliphatic heterocycles. The lowest BCUT2D eigenvalue weighted by Crippen LogP contribution is -2.32. The van der Waals surface area contributed by atoms with Gasteiger partial charge in [0.15, 0.2) is 11.5 Å². The first-order valence-electron chi connectivity index (χ1n) is 8.49. The first kappa shape index (κ1) is 16.9. The van der Waals surface area contributed by atoms with Crippen molar-refractivity contribution in [1.82, 2.24) is 15.1 Å². The molecule has 2 aromatic carbocycles. The van der Waals surface area contributed by atoms with Crippen molar-refractivity contribution in [3.8, 4) is 11.5 Å². The molecule has 4 rings (SSSR count). The van der Waals surface area contributed by atoms with E-state index in [4.69, 9.17) is 9.47 Å². The number of fused-ring (bicyclic) bond motifs is 2. The van der Waals surface area contributed by atoms with Crippen LogP contribution >= 0.6 is 0 Å². The van der Waals surface area contributed by atoms with Crippen molar-refractivity contribution in [2.24, 2.45) is 0 Å². The standard InChI is InChI=1S/C19H17N3O5/c23-17(20-10-12-5-6-15-16(9-12)27-11-26-15)7-8-22-19(25)14-4-2-1-3-13(14)18(24)21-22/h1-6,9H,7-8,10-11H2,(H,20,23)(H,21,24). The van der Waals surface area contributed by atoms with Gasteiger partial charge in [-0.05, 0) is 29.8 Å². The number of carbonyl (C=O) groups is 1. The number of carbonyl (C=O) groups excluding carboxylic acids is 1. The molecule has 1 aromatic heterocycles. The third-order valence-electron chi connectivity index (χ3n) is 4.37. The smallest absolute Gasteiger partial charge is 0.273 e. The molecule has 0 unspecified atom stereocenters. The lowest BCUT2D eigenvalue weighted by Gasteiger charge is -2.08. The number of benzene rings is 2. The zero-order valence-electron chi connectivity index (χ0n) is 14.4. The van der Waals surface area contributed by atoms with Crippen molar-refractivity contribution < 1.29 is 14.3 Å². The van der Waals surface area contributed by atoms with E-state index in [9.17, 15) is 14.4 Å². The SMILES string of the molecule is O=C(CCn1[nH]c(=O)c2ccccc2c1=O)NCc1ccc2c(c1)OCO2. The molecular formula is C19H17N3O5. The highest BCUT2D eigenvalue weighted by Crippen LogP contribution is 2.32. The highest BCUT2D eigenvalue weighted by molar-refractivity contribution is 5.80. The van der Waals surface area contributed by atoms with Gasteiger partial charge in [0, 0.05) is 13.0 Å². The van der Waals surface area contributed by atoms with Crippen LogP contribution in [0.4, 0.5) is 0 Å². The van der Waals surface area contributed by atoms with Crippen LogP contribution in [0.3, 0.4) is 0 Å². The van der Waals surface area contributed by atoms with Crippen LogP contribution in [0.15, 0.2) is 52.1 Å². The molecule has 138 valence electrons. The number of hydrogen-bond acceptors (Lipinski definition) is 5. The van der Waals surface area contributed by atoms with Gasteiger partial charge in [-0.1, -0.05) is 18.2 Å². The molecule has 3 aromatic rings. The van der Waals surface area contributed by atoms with Gasteiger partial charge in [0.05, 0.1) is 17.3 Å². The minimum atomic E-state index is -0.356. The molecular weight excluding hydrogens is 350 g/mol. The van der Waals surface area contributed by atoms with Gasteiger partial charge in [0.2, 0.25) is 12.7 Å². The van der Waals surface area contributed by atoms with Crippen molar-refractivity contribution >= 4 is 16.7 Å². The first-order valence-corrected chi connectivity index (χ1v) is 8.49. The average molecular weight is 367 g/mol. The van der Waals surface area contributed by atoms with Gasteiger partial charge in [-0.3, -0.25) is 19.5 Å². The first-order chi connectivity index (χ1) is 13.1. The van der Waals surface area contributed by atoms with Crippen molar-refractivity contribution in [2.45, 2.75) is 19.5 Å². The summed E-state index contributed by atoms with van der Waals surface area (Å²) in [5.41, 5.74) is 0.198. The number of aryl methyl sites for hydroxylation is 1. The highest BCUT2D eigenvalue weighted by atomic mass is 16.7. The van der Waals surface area contributed by atoms with E-state index in [1.54, 1.807) is 30.3 Å². The van der Waals surface area contributed by atoms with E-state index < -0.39 is 0 Å². The Hall–Kier alpha value is -3.55. The third kappa shape index (κ3) is 3.41. The Kier molecular flexibility index (Phi) is 4.37. The van der Waals surface area contributed by atoms with Crippen LogP contribution in [-0.4, -0.2) is 22.5 Å². The molecule has 27 heavy (non-hydrogen) atoms. The zero-order chi connectivity index (χ0) is 18.8. The Morgan fingerprint density at radius 2 is 1.85 bits per heavy atom. The number of nitrogens with one attached hydrogen (secondary N) is 2. The molecule has 1 aliphatic rings. The summed E-state index contributed by atoms with van der Waals surface area (Å²) in [4.78, 5) is 36.6. The number of aromatic nitrogens is 2. The van der Waals surface area contributed by atoms with Crippen LogP contribution in [0.1, 0.15) is 12.0 Å². The van der Waals surface area contributed by atoms with Crippen LogP contribution < -0.4 is 25.9 Å². The Morgan fingerprint density at radius 3 is 2.70 bits per heavy atom. The van der Waals surface area contributed by atoms with Gasteiger partial charge in [-0.15, -0.1) is 0 Å². The van der Waals surface area contributed by atoms with Crippen LogP contribution in [-0.2, 0) is 17.9 Å². The Morgan fingerprint density at radius 1 is 1.07 bits per heavy atom. The van der Waals surface area contributed by atoms with E-state index >= 15 is 0 Å². The second-order valence-corrected chi connectivity index (χ2v) is 6.16. The van der Waals surface area contributed by atoms with E-state index in [-0.39, 0.29) is 36.8 Å². The average Bonchev–Trinajstić information content (AvgIpc) is 3.16. The predicted octanol–water partition coefficient (Wildman–Crippen LogP) is 1.12. The van der Waals surface area contributed by atoms with Crippen LogP contribution in [0.25, 0.3) is 10.8 Å². The molecule has 0 aliphatic carbocycles. The number of H-pyrrole nitrogens is 1. The number of ether oxygens (including phenoxy) is 2. The van der Waals surface area contributed by atoms with E-state index in [0.29, 0.717) is 28.8 Å². The lowest BCUT2D eigenvalue weighted by atomic mass is 10.2. The predicted molar refractivity (Wildman–Crippen MR) is 97.9 cm³/mol. The summed E-state index contributed by atoms with van der Waals surface area (Å²) >= 11 is 0. The Labute approximate surface area is 153 Å². The maximum Gasteiger partial charge on any atom is 0.273 e.